The van der Waals surface area contributed by atoms with Gasteiger partial charge in [0.1, 0.15) is 5.82 Å². The van der Waals surface area contributed by atoms with Crippen molar-refractivity contribution in [1.29, 1.82) is 0 Å². The number of nitrogens with two attached hydrogens (primary N) is 1. The van der Waals surface area contributed by atoms with Gasteiger partial charge in [0.2, 0.25) is 0 Å². The summed E-state index contributed by atoms with van der Waals surface area (Å²) in [5, 5.41) is 0. The van der Waals surface area contributed by atoms with Gasteiger partial charge in [0.05, 0.1) is 24.7 Å². The van der Waals surface area contributed by atoms with Crippen molar-refractivity contribution < 1.29 is 18.7 Å². The Labute approximate surface area is 118 Å². The average molecular weight is 281 g/mol. The maximum absolute atomic E-state index is 14.3. The van der Waals surface area contributed by atoms with E-state index in [1.165, 1.54) is 6.07 Å². The van der Waals surface area contributed by atoms with Gasteiger partial charge in [-0.25, -0.2) is 4.39 Å². The minimum absolute atomic E-state index is 0.312. The number of halogens is 1. The van der Waals surface area contributed by atoms with Gasteiger partial charge in [0.25, 0.3) is 0 Å². The molecule has 5 heteroatoms. The van der Waals surface area contributed by atoms with Gasteiger partial charge in [-0.3, -0.25) is 4.79 Å². The monoisotopic (exact) mass is 281 g/mol. The predicted octanol–water partition coefficient (Wildman–Crippen LogP) is 2.07. The third kappa shape index (κ3) is 2.83. The number of rotatable bonds is 4. The van der Waals surface area contributed by atoms with Crippen LogP contribution in [0.1, 0.15) is 37.3 Å². The lowest BCUT2D eigenvalue weighted by Crippen LogP contribution is -2.38. The lowest BCUT2D eigenvalue weighted by Gasteiger charge is -2.23. The third-order valence-corrected chi connectivity index (χ3v) is 3.72. The van der Waals surface area contributed by atoms with Gasteiger partial charge < -0.3 is 15.2 Å². The van der Waals surface area contributed by atoms with Crippen molar-refractivity contribution in [2.24, 2.45) is 5.73 Å². The Morgan fingerprint density at radius 3 is 2.90 bits per heavy atom. The Hall–Kier alpha value is -1.46. The van der Waals surface area contributed by atoms with E-state index in [0.717, 1.165) is 0 Å². The zero-order chi connectivity index (χ0) is 14.8. The molecule has 0 bridgehead atoms. The molecular weight excluding hydrogens is 261 g/mol. The molecule has 2 rings (SSSR count). The maximum Gasteiger partial charge on any atom is 0.313 e. The molecule has 0 aromatic heterocycles. The van der Waals surface area contributed by atoms with Crippen LogP contribution in [0.15, 0.2) is 18.2 Å². The van der Waals surface area contributed by atoms with Gasteiger partial charge in [0.15, 0.2) is 0 Å². The van der Waals surface area contributed by atoms with Crippen molar-refractivity contribution in [3.63, 3.8) is 0 Å². The van der Waals surface area contributed by atoms with E-state index in [0.29, 0.717) is 37.4 Å². The smallest absolute Gasteiger partial charge is 0.313 e. The summed E-state index contributed by atoms with van der Waals surface area (Å²) in [7, 11) is 0. The van der Waals surface area contributed by atoms with Crippen LogP contribution in [0, 0.1) is 5.82 Å². The van der Waals surface area contributed by atoms with Gasteiger partial charge in [0, 0.05) is 12.2 Å². The largest absolute Gasteiger partial charge is 0.466 e. The standard InChI is InChI=1S/C15H20FNO3/c1-3-20-14(18)10(2)11-4-5-12(13(16)8-11)15(17)6-7-19-9-15/h4-5,8,10H,3,6-7,9,17H2,1-2H3. The fraction of sp³-hybridized carbons (Fsp3) is 0.533. The molecule has 1 aromatic rings. The van der Waals surface area contributed by atoms with Crippen molar-refractivity contribution in [3.8, 4) is 0 Å². The molecule has 1 heterocycles. The summed E-state index contributed by atoms with van der Waals surface area (Å²) in [5.74, 6) is -1.25. The van der Waals surface area contributed by atoms with E-state index in [9.17, 15) is 9.18 Å². The number of esters is 1. The molecule has 1 saturated heterocycles. The molecule has 0 radical (unpaired) electrons. The first kappa shape index (κ1) is 14.9. The summed E-state index contributed by atoms with van der Waals surface area (Å²) in [4.78, 5) is 11.7. The van der Waals surface area contributed by atoms with Crippen LogP contribution in [0.4, 0.5) is 4.39 Å². The Kier molecular flexibility index (Phi) is 4.40. The quantitative estimate of drug-likeness (QED) is 0.858. The number of ether oxygens (including phenoxy) is 2. The van der Waals surface area contributed by atoms with E-state index >= 15 is 0 Å². The SMILES string of the molecule is CCOC(=O)C(C)c1ccc(C2(N)CCOC2)c(F)c1. The molecule has 2 unspecified atom stereocenters. The molecule has 2 atom stereocenters. The van der Waals surface area contributed by atoms with Crippen molar-refractivity contribution in [2.45, 2.75) is 31.7 Å². The summed E-state index contributed by atoms with van der Waals surface area (Å²) in [5.41, 5.74) is 6.42. The highest BCUT2D eigenvalue weighted by Crippen LogP contribution is 2.31. The Morgan fingerprint density at radius 1 is 1.60 bits per heavy atom. The average Bonchev–Trinajstić information content (AvgIpc) is 2.85. The predicted molar refractivity (Wildman–Crippen MR) is 72.7 cm³/mol. The molecular formula is C15H20FNO3. The second kappa shape index (κ2) is 5.89. The Bertz CT molecular complexity index is 498. The highest BCUT2D eigenvalue weighted by Gasteiger charge is 2.35. The van der Waals surface area contributed by atoms with Gasteiger partial charge >= 0.3 is 5.97 Å². The molecule has 0 aliphatic carbocycles. The van der Waals surface area contributed by atoms with E-state index in [1.54, 1.807) is 26.0 Å². The number of carbonyl (C=O) groups excluding carboxylic acids is 1. The van der Waals surface area contributed by atoms with Gasteiger partial charge in [-0.2, -0.15) is 0 Å². The first-order valence-corrected chi connectivity index (χ1v) is 6.81. The van der Waals surface area contributed by atoms with Gasteiger partial charge in [-0.1, -0.05) is 12.1 Å². The first-order chi connectivity index (χ1) is 9.48. The highest BCUT2D eigenvalue weighted by molar-refractivity contribution is 5.77. The van der Waals surface area contributed by atoms with Crippen LogP contribution < -0.4 is 5.73 Å². The van der Waals surface area contributed by atoms with Crippen LogP contribution in [0.5, 0.6) is 0 Å². The maximum atomic E-state index is 14.3. The molecule has 0 spiro atoms. The number of carbonyl (C=O) groups is 1. The second-order valence-corrected chi connectivity index (χ2v) is 5.17. The van der Waals surface area contributed by atoms with Gasteiger partial charge in [-0.15, -0.1) is 0 Å². The van der Waals surface area contributed by atoms with Crippen LogP contribution in [0.25, 0.3) is 0 Å². The van der Waals surface area contributed by atoms with Crippen LogP contribution in [-0.4, -0.2) is 25.8 Å². The van der Waals surface area contributed by atoms with Crippen LogP contribution in [0.3, 0.4) is 0 Å². The summed E-state index contributed by atoms with van der Waals surface area (Å²) in [6, 6.07) is 4.74. The zero-order valence-corrected chi connectivity index (χ0v) is 11.8. The number of hydrogen-bond acceptors (Lipinski definition) is 4. The summed E-state index contributed by atoms with van der Waals surface area (Å²) < 4.78 is 24.5. The molecule has 1 aliphatic rings. The van der Waals surface area contributed by atoms with Crippen LogP contribution in [0.2, 0.25) is 0 Å². The van der Waals surface area contributed by atoms with Crippen molar-refractivity contribution >= 4 is 5.97 Å². The van der Waals surface area contributed by atoms with Gasteiger partial charge in [-0.05, 0) is 31.9 Å². The van der Waals surface area contributed by atoms with E-state index < -0.39 is 17.3 Å². The van der Waals surface area contributed by atoms with Crippen LogP contribution in [-0.2, 0) is 19.8 Å². The van der Waals surface area contributed by atoms with E-state index in [2.05, 4.69) is 0 Å². The Morgan fingerprint density at radius 2 is 2.35 bits per heavy atom. The summed E-state index contributed by atoms with van der Waals surface area (Å²) in [6.07, 6.45) is 0.594. The second-order valence-electron chi connectivity index (χ2n) is 5.17. The lowest BCUT2D eigenvalue weighted by atomic mass is 9.88. The van der Waals surface area contributed by atoms with Crippen molar-refractivity contribution in [3.05, 3.63) is 35.1 Å². The molecule has 0 saturated carbocycles. The first-order valence-electron chi connectivity index (χ1n) is 6.81. The minimum Gasteiger partial charge on any atom is -0.466 e. The molecule has 1 aromatic carbocycles. The fourth-order valence-corrected chi connectivity index (χ4v) is 2.40. The minimum atomic E-state index is -0.768. The summed E-state index contributed by atoms with van der Waals surface area (Å²) >= 11 is 0. The number of hydrogen-bond donors (Lipinski definition) is 1. The molecule has 4 nitrogen and oxygen atoms in total. The van der Waals surface area contributed by atoms with Crippen molar-refractivity contribution in [2.75, 3.05) is 19.8 Å². The number of benzene rings is 1. The fourth-order valence-electron chi connectivity index (χ4n) is 2.40. The lowest BCUT2D eigenvalue weighted by molar-refractivity contribution is -0.144. The van der Waals surface area contributed by atoms with E-state index in [4.69, 9.17) is 15.2 Å². The van der Waals surface area contributed by atoms with Crippen LogP contribution >= 0.6 is 0 Å². The summed E-state index contributed by atoms with van der Waals surface area (Å²) in [6.45, 7) is 4.61. The van der Waals surface area contributed by atoms with E-state index in [-0.39, 0.29) is 5.97 Å². The Balaban J connectivity index is 2.23. The van der Waals surface area contributed by atoms with Crippen molar-refractivity contribution in [1.82, 2.24) is 0 Å². The molecule has 1 aliphatic heterocycles. The molecule has 1 fully saturated rings. The normalized spacial score (nSPS) is 23.6. The molecule has 0 amide bonds. The molecule has 110 valence electrons. The van der Waals surface area contributed by atoms with E-state index in [1.807, 2.05) is 0 Å². The zero-order valence-electron chi connectivity index (χ0n) is 11.8. The topological polar surface area (TPSA) is 61.5 Å². The highest BCUT2D eigenvalue weighted by atomic mass is 19.1. The molecule has 2 N–H and O–H groups in total. The molecule has 20 heavy (non-hydrogen) atoms. The third-order valence-electron chi connectivity index (χ3n) is 3.72.